The van der Waals surface area contributed by atoms with E-state index in [2.05, 4.69) is 15.3 Å². The topological polar surface area (TPSA) is 79.5 Å². The molecule has 2 aliphatic rings. The van der Waals surface area contributed by atoms with Gasteiger partial charge >= 0.3 is 0 Å². The average molecular weight is 356 g/mol. The van der Waals surface area contributed by atoms with Crippen LogP contribution >= 0.6 is 0 Å². The van der Waals surface area contributed by atoms with E-state index >= 15 is 0 Å². The molecule has 2 aromatic rings. The Morgan fingerprint density at radius 1 is 1.23 bits per heavy atom. The lowest BCUT2D eigenvalue weighted by atomic mass is 9.80. The first kappa shape index (κ1) is 16.9. The number of methoxy groups -OCH3 is 2. The van der Waals surface area contributed by atoms with Crippen molar-refractivity contribution in [2.24, 2.45) is 0 Å². The summed E-state index contributed by atoms with van der Waals surface area (Å²) in [5, 5.41) is 3.65. The molecule has 26 heavy (non-hydrogen) atoms. The van der Waals surface area contributed by atoms with Gasteiger partial charge in [-0.05, 0) is 25.0 Å². The SMILES string of the molecule is COc1cccc(C(=O)N2CCC3(CC2)NCCc2[nH]cnc23)c1OC. The summed E-state index contributed by atoms with van der Waals surface area (Å²) in [6, 6.07) is 5.41. The highest BCUT2D eigenvalue weighted by molar-refractivity contribution is 5.98. The fourth-order valence-corrected chi connectivity index (χ4v) is 4.17. The molecule has 2 N–H and O–H groups in total. The largest absolute Gasteiger partial charge is 0.493 e. The van der Waals surface area contributed by atoms with Crippen LogP contribution in [-0.2, 0) is 12.0 Å². The number of para-hydroxylation sites is 1. The van der Waals surface area contributed by atoms with Crippen LogP contribution in [0.2, 0.25) is 0 Å². The molecule has 1 aromatic heterocycles. The van der Waals surface area contributed by atoms with E-state index in [4.69, 9.17) is 9.47 Å². The predicted molar refractivity (Wildman–Crippen MR) is 96.7 cm³/mol. The number of amides is 1. The molecule has 0 atom stereocenters. The number of H-pyrrole nitrogens is 1. The van der Waals surface area contributed by atoms with Gasteiger partial charge < -0.3 is 24.7 Å². The highest BCUT2D eigenvalue weighted by Gasteiger charge is 2.42. The summed E-state index contributed by atoms with van der Waals surface area (Å²) in [4.78, 5) is 22.8. The van der Waals surface area contributed by atoms with Crippen LogP contribution in [0.15, 0.2) is 24.5 Å². The quantitative estimate of drug-likeness (QED) is 0.875. The summed E-state index contributed by atoms with van der Waals surface area (Å²) in [5.74, 6) is 1.04. The molecule has 7 heteroatoms. The predicted octanol–water partition coefficient (Wildman–Crippen LogP) is 1.70. The number of likely N-dealkylation sites (tertiary alicyclic amines) is 1. The number of hydrogen-bond donors (Lipinski definition) is 2. The minimum atomic E-state index is -0.122. The molecule has 0 unspecified atom stereocenters. The molecular weight excluding hydrogens is 332 g/mol. The number of piperidine rings is 1. The lowest BCUT2D eigenvalue weighted by Crippen LogP contribution is -2.55. The zero-order valence-electron chi connectivity index (χ0n) is 15.2. The molecule has 1 fully saturated rings. The Morgan fingerprint density at radius 3 is 2.77 bits per heavy atom. The standard InChI is InChI=1S/C19H24N4O3/c1-25-15-5-3-4-13(16(15)26-2)18(24)23-10-7-19(8-11-23)17-14(6-9-22-19)20-12-21-17/h3-5,12,22H,6-11H2,1-2H3,(H,20,21). The molecule has 1 amide bonds. The second kappa shape index (κ2) is 6.64. The molecule has 0 bridgehead atoms. The summed E-state index contributed by atoms with van der Waals surface area (Å²) in [5.41, 5.74) is 2.76. The van der Waals surface area contributed by atoms with Crippen molar-refractivity contribution >= 4 is 5.91 Å². The zero-order chi connectivity index (χ0) is 18.1. The lowest BCUT2D eigenvalue weighted by Gasteiger charge is -2.44. The summed E-state index contributed by atoms with van der Waals surface area (Å²) < 4.78 is 10.7. The van der Waals surface area contributed by atoms with Crippen molar-refractivity contribution in [3.8, 4) is 11.5 Å². The van der Waals surface area contributed by atoms with Gasteiger partial charge in [0.1, 0.15) is 0 Å². The Kier molecular flexibility index (Phi) is 4.32. The molecule has 0 saturated carbocycles. The Morgan fingerprint density at radius 2 is 2.04 bits per heavy atom. The molecular formula is C19H24N4O3. The van der Waals surface area contributed by atoms with E-state index in [0.717, 1.165) is 31.5 Å². The third-order valence-corrected chi connectivity index (χ3v) is 5.55. The van der Waals surface area contributed by atoms with Crippen LogP contribution in [0.4, 0.5) is 0 Å². The third-order valence-electron chi connectivity index (χ3n) is 5.55. The highest BCUT2D eigenvalue weighted by atomic mass is 16.5. The summed E-state index contributed by atoms with van der Waals surface area (Å²) in [6.45, 7) is 2.30. The first-order chi connectivity index (χ1) is 12.7. The van der Waals surface area contributed by atoms with Crippen LogP contribution in [-0.4, -0.2) is 54.6 Å². The molecule has 1 aromatic carbocycles. The van der Waals surface area contributed by atoms with Gasteiger partial charge in [0, 0.05) is 31.7 Å². The van der Waals surface area contributed by atoms with Crippen molar-refractivity contribution < 1.29 is 14.3 Å². The Bertz CT molecular complexity index is 809. The van der Waals surface area contributed by atoms with Gasteiger partial charge in [-0.25, -0.2) is 4.98 Å². The molecule has 3 heterocycles. The zero-order valence-corrected chi connectivity index (χ0v) is 15.2. The maximum Gasteiger partial charge on any atom is 0.257 e. The van der Waals surface area contributed by atoms with Crippen molar-refractivity contribution in [3.63, 3.8) is 0 Å². The Labute approximate surface area is 152 Å². The van der Waals surface area contributed by atoms with Gasteiger partial charge in [-0.3, -0.25) is 4.79 Å². The van der Waals surface area contributed by atoms with E-state index in [9.17, 15) is 4.79 Å². The number of aromatic amines is 1. The van der Waals surface area contributed by atoms with Crippen molar-refractivity contribution in [1.29, 1.82) is 0 Å². The number of nitrogens with one attached hydrogen (secondary N) is 2. The minimum absolute atomic E-state index is 0.0198. The number of nitrogens with zero attached hydrogens (tertiary/aromatic N) is 2. The van der Waals surface area contributed by atoms with Gasteiger partial charge in [0.15, 0.2) is 11.5 Å². The number of imidazole rings is 1. The van der Waals surface area contributed by atoms with Crippen LogP contribution in [0, 0.1) is 0 Å². The molecule has 1 saturated heterocycles. The molecule has 7 nitrogen and oxygen atoms in total. The minimum Gasteiger partial charge on any atom is -0.493 e. The summed E-state index contributed by atoms with van der Waals surface area (Å²) in [7, 11) is 3.14. The number of benzene rings is 1. The van der Waals surface area contributed by atoms with Gasteiger partial charge in [-0.15, -0.1) is 0 Å². The van der Waals surface area contributed by atoms with Gasteiger partial charge in [0.05, 0.1) is 37.3 Å². The van der Waals surface area contributed by atoms with Crippen molar-refractivity contribution in [1.82, 2.24) is 20.2 Å². The maximum atomic E-state index is 13.1. The highest BCUT2D eigenvalue weighted by Crippen LogP contribution is 2.37. The monoisotopic (exact) mass is 356 g/mol. The summed E-state index contributed by atoms with van der Waals surface area (Å²) in [6.07, 6.45) is 4.45. The number of carbonyl (C=O) groups is 1. The molecule has 1 spiro atoms. The first-order valence-electron chi connectivity index (χ1n) is 8.96. The first-order valence-corrected chi connectivity index (χ1v) is 8.96. The van der Waals surface area contributed by atoms with Crippen LogP contribution < -0.4 is 14.8 Å². The Balaban J connectivity index is 1.54. The molecule has 0 aliphatic carbocycles. The third kappa shape index (κ3) is 2.63. The second-order valence-electron chi connectivity index (χ2n) is 6.82. The molecule has 2 aliphatic heterocycles. The molecule has 138 valence electrons. The van der Waals surface area contributed by atoms with Crippen molar-refractivity contribution in [2.45, 2.75) is 24.8 Å². The Hall–Kier alpha value is -2.54. The van der Waals surface area contributed by atoms with E-state index in [1.54, 1.807) is 32.7 Å². The number of aromatic nitrogens is 2. The van der Waals surface area contributed by atoms with E-state index in [0.29, 0.717) is 30.2 Å². The van der Waals surface area contributed by atoms with Crippen molar-refractivity contribution in [3.05, 3.63) is 41.5 Å². The molecule has 4 rings (SSSR count). The van der Waals surface area contributed by atoms with Gasteiger partial charge in [0.2, 0.25) is 0 Å². The maximum absolute atomic E-state index is 13.1. The van der Waals surface area contributed by atoms with Crippen molar-refractivity contribution in [2.75, 3.05) is 33.9 Å². The van der Waals surface area contributed by atoms with Gasteiger partial charge in [-0.2, -0.15) is 0 Å². The number of rotatable bonds is 3. The van der Waals surface area contributed by atoms with Crippen LogP contribution in [0.5, 0.6) is 11.5 Å². The van der Waals surface area contributed by atoms with Crippen LogP contribution in [0.3, 0.4) is 0 Å². The normalized spacial score (nSPS) is 18.5. The van der Waals surface area contributed by atoms with E-state index < -0.39 is 0 Å². The fourth-order valence-electron chi connectivity index (χ4n) is 4.17. The van der Waals surface area contributed by atoms with E-state index in [1.165, 1.54) is 5.69 Å². The van der Waals surface area contributed by atoms with Gasteiger partial charge in [-0.1, -0.05) is 6.07 Å². The van der Waals surface area contributed by atoms with Gasteiger partial charge in [0.25, 0.3) is 5.91 Å². The average Bonchev–Trinajstić information content (AvgIpc) is 3.18. The lowest BCUT2D eigenvalue weighted by molar-refractivity contribution is 0.0622. The van der Waals surface area contributed by atoms with E-state index in [-0.39, 0.29) is 11.4 Å². The number of carbonyl (C=O) groups excluding carboxylic acids is 1. The fraction of sp³-hybridized carbons (Fsp3) is 0.474. The summed E-state index contributed by atoms with van der Waals surface area (Å²) >= 11 is 0. The van der Waals surface area contributed by atoms with Crippen LogP contribution in [0.25, 0.3) is 0 Å². The smallest absolute Gasteiger partial charge is 0.257 e. The van der Waals surface area contributed by atoms with Crippen LogP contribution in [0.1, 0.15) is 34.6 Å². The van der Waals surface area contributed by atoms with E-state index in [1.807, 2.05) is 11.0 Å². The number of hydrogen-bond acceptors (Lipinski definition) is 5. The number of fused-ring (bicyclic) bond motifs is 2. The second-order valence-corrected chi connectivity index (χ2v) is 6.82. The molecule has 0 radical (unpaired) electrons. The number of ether oxygens (including phenoxy) is 2.